The van der Waals surface area contributed by atoms with Gasteiger partial charge in [-0.3, -0.25) is 9.59 Å². The maximum absolute atomic E-state index is 15.2. The van der Waals surface area contributed by atoms with Crippen LogP contribution in [-0.4, -0.2) is 76.8 Å². The molecule has 2 N–H and O–H groups in total. The molecule has 1 heterocycles. The fourth-order valence-electron chi connectivity index (χ4n) is 10.5. The Hall–Kier alpha value is -6.22. The second-order valence-corrected chi connectivity index (χ2v) is 22.2. The van der Waals surface area contributed by atoms with E-state index in [1.54, 1.807) is 14.2 Å². The third-order valence-electron chi connectivity index (χ3n) is 13.7. The molecule has 2 bridgehead atoms. The van der Waals surface area contributed by atoms with Crippen molar-refractivity contribution in [3.05, 3.63) is 205 Å². The van der Waals surface area contributed by atoms with Gasteiger partial charge in [0.25, 0.3) is 11.8 Å². The molecule has 1 saturated heterocycles. The SMILES string of the molecule is COCCOCCOc1ccc(C2O[C@@H]3[C@@H]4CC[C@@H]([C@@H](NC(=O)c5ccccc5P(c5ccccc5)c5ccccc5)[C@@H]4NC(=O)c4ccccc4P(c4ccccc4)c4ccccc4)[C@@H]3O2)c(OC)c1. The van der Waals surface area contributed by atoms with E-state index >= 15 is 9.59 Å². The molecule has 7 aromatic rings. The van der Waals surface area contributed by atoms with Gasteiger partial charge in [0.1, 0.15) is 18.1 Å². The van der Waals surface area contributed by atoms with Gasteiger partial charge in [-0.25, -0.2) is 0 Å². The summed E-state index contributed by atoms with van der Waals surface area (Å²) in [7, 11) is 1.08. The first-order chi connectivity index (χ1) is 35.0. The normalized spacial score (nSPS) is 21.2. The van der Waals surface area contributed by atoms with Gasteiger partial charge in [-0.15, -0.1) is 0 Å². The molecule has 3 saturated carbocycles. The zero-order chi connectivity index (χ0) is 48.5. The summed E-state index contributed by atoms with van der Waals surface area (Å²) in [5.41, 5.74) is 1.94. The van der Waals surface area contributed by atoms with Crippen molar-refractivity contribution in [1.82, 2.24) is 10.6 Å². The number of methoxy groups -OCH3 is 2. The van der Waals surface area contributed by atoms with E-state index in [1.165, 1.54) is 0 Å². The summed E-state index contributed by atoms with van der Waals surface area (Å²) >= 11 is 0. The van der Waals surface area contributed by atoms with Gasteiger partial charge in [0.05, 0.1) is 56.8 Å². The van der Waals surface area contributed by atoms with Gasteiger partial charge >= 0.3 is 0 Å². The highest BCUT2D eigenvalue weighted by atomic mass is 31.1. The molecule has 1 aliphatic heterocycles. The predicted molar refractivity (Wildman–Crippen MR) is 283 cm³/mol. The minimum Gasteiger partial charge on any atom is -0.496 e. The van der Waals surface area contributed by atoms with Gasteiger partial charge in [0.2, 0.25) is 0 Å². The van der Waals surface area contributed by atoms with E-state index in [0.29, 0.717) is 49.1 Å². The number of rotatable bonds is 19. The molecule has 12 heteroatoms. The van der Waals surface area contributed by atoms with Gasteiger partial charge < -0.3 is 39.1 Å². The lowest BCUT2D eigenvalue weighted by molar-refractivity contribution is -0.0742. The number of carbonyl (C=O) groups excluding carboxylic acids is 2. The first-order valence-electron chi connectivity index (χ1n) is 24.3. The Kier molecular flexibility index (Phi) is 15.6. The van der Waals surface area contributed by atoms with Crippen LogP contribution in [0.15, 0.2) is 188 Å². The smallest absolute Gasteiger partial charge is 0.252 e. The highest BCUT2D eigenvalue weighted by Gasteiger charge is 2.60. The Balaban J connectivity index is 0.984. The Morgan fingerprint density at radius 1 is 0.521 bits per heavy atom. The largest absolute Gasteiger partial charge is 0.496 e. The monoisotopic (exact) mass is 984 g/mol. The molecule has 362 valence electrons. The Morgan fingerprint density at radius 2 is 0.944 bits per heavy atom. The molecule has 4 fully saturated rings. The third kappa shape index (κ3) is 10.6. The summed E-state index contributed by atoms with van der Waals surface area (Å²) in [6, 6.07) is 62.2. The van der Waals surface area contributed by atoms with E-state index in [9.17, 15) is 0 Å². The van der Waals surface area contributed by atoms with Crippen molar-refractivity contribution < 1.29 is 38.0 Å². The first kappa shape index (κ1) is 48.4. The van der Waals surface area contributed by atoms with Crippen LogP contribution in [0, 0.1) is 11.8 Å². The number of ether oxygens (including phenoxy) is 6. The molecule has 2 amide bonds. The first-order valence-corrected chi connectivity index (χ1v) is 27.0. The van der Waals surface area contributed by atoms with E-state index in [1.807, 2.05) is 78.9 Å². The van der Waals surface area contributed by atoms with E-state index in [4.69, 9.17) is 28.4 Å². The van der Waals surface area contributed by atoms with Crippen LogP contribution in [0.5, 0.6) is 11.5 Å². The fraction of sp³-hybridized carbons (Fsp3) is 0.254. The van der Waals surface area contributed by atoms with Crippen LogP contribution in [0.2, 0.25) is 0 Å². The zero-order valence-electron chi connectivity index (χ0n) is 39.8. The molecule has 10 nitrogen and oxygen atoms in total. The second kappa shape index (κ2) is 22.9. The minimum absolute atomic E-state index is 0.186. The van der Waals surface area contributed by atoms with E-state index in [0.717, 1.165) is 50.2 Å². The second-order valence-electron chi connectivity index (χ2n) is 17.8. The van der Waals surface area contributed by atoms with Gasteiger partial charge in [0, 0.05) is 36.1 Å². The van der Waals surface area contributed by atoms with Crippen LogP contribution in [0.1, 0.15) is 45.4 Å². The molecule has 7 aromatic carbocycles. The van der Waals surface area contributed by atoms with Crippen LogP contribution in [0.25, 0.3) is 0 Å². The van der Waals surface area contributed by atoms with Crippen LogP contribution >= 0.6 is 15.8 Å². The predicted octanol–water partition coefficient (Wildman–Crippen LogP) is 7.67. The van der Waals surface area contributed by atoms with Gasteiger partial charge in [-0.05, 0) is 84.8 Å². The molecule has 1 unspecified atom stereocenters. The van der Waals surface area contributed by atoms with E-state index in [2.05, 4.69) is 120 Å². The van der Waals surface area contributed by atoms with Crippen LogP contribution < -0.4 is 51.9 Å². The molecular weight excluding hydrogens is 927 g/mol. The molecule has 0 radical (unpaired) electrons. The molecule has 3 aliphatic carbocycles. The summed E-state index contributed by atoms with van der Waals surface area (Å²) in [5.74, 6) is 0.449. The summed E-state index contributed by atoms with van der Waals surface area (Å²) in [6.07, 6.45) is 0.0881. The van der Waals surface area contributed by atoms with Crippen LogP contribution in [-0.2, 0) is 18.9 Å². The van der Waals surface area contributed by atoms with Crippen molar-refractivity contribution >= 4 is 59.5 Å². The van der Waals surface area contributed by atoms with Gasteiger partial charge in [-0.2, -0.15) is 0 Å². The van der Waals surface area contributed by atoms with Crippen molar-refractivity contribution in [3.63, 3.8) is 0 Å². The van der Waals surface area contributed by atoms with Crippen molar-refractivity contribution in [2.75, 3.05) is 40.6 Å². The summed E-state index contributed by atoms with van der Waals surface area (Å²) in [5, 5.41) is 13.6. The number of amides is 2. The Labute approximate surface area is 418 Å². The average Bonchev–Trinajstić information content (AvgIpc) is 3.89. The average molecular weight is 985 g/mol. The molecular formula is C59H58N2O8P2. The van der Waals surface area contributed by atoms with E-state index < -0.39 is 34.2 Å². The Bertz CT molecular complexity index is 2640. The number of carbonyl (C=O) groups is 2. The van der Waals surface area contributed by atoms with Gasteiger partial charge in [-0.1, -0.05) is 158 Å². The summed E-state index contributed by atoms with van der Waals surface area (Å²) < 4.78 is 36.5. The molecule has 11 rings (SSSR count). The molecule has 4 aliphatic rings. The maximum atomic E-state index is 15.2. The standard InChI is InChI=1S/C59H58N2O8P2/c1-64-35-36-66-37-38-67-40-31-32-45(50(39-40)65-2)59-68-55-48-33-34-49(56(55)69-59)54(61-58(63)47-28-16-18-30-52(47)71(43-23-11-5-12-24-43)44-25-13-6-14-26-44)53(48)60-57(62)46-27-15-17-29-51(46)70(41-19-7-3-8-20-41)42-21-9-4-10-22-42/h3-32,39,48-49,53-56,59H,33-38H2,1-2H3,(H,60,62)(H,61,63)/t48-,49+,53-,54-,55-,56+,59?/m1/s1. The van der Waals surface area contributed by atoms with Crippen LogP contribution in [0.4, 0.5) is 0 Å². The topological polar surface area (TPSA) is 114 Å². The van der Waals surface area contributed by atoms with Crippen molar-refractivity contribution in [3.8, 4) is 11.5 Å². The molecule has 7 atom stereocenters. The van der Waals surface area contributed by atoms with Crippen molar-refractivity contribution in [1.29, 1.82) is 0 Å². The number of hydrogen-bond acceptors (Lipinski definition) is 8. The number of hydrogen-bond donors (Lipinski definition) is 2. The lowest BCUT2D eigenvalue weighted by Gasteiger charge is -2.53. The number of nitrogens with one attached hydrogen (secondary N) is 2. The Morgan fingerprint density at radius 3 is 1.38 bits per heavy atom. The lowest BCUT2D eigenvalue weighted by atomic mass is 9.61. The minimum atomic E-state index is -1.09. The highest BCUT2D eigenvalue weighted by molar-refractivity contribution is 7.80. The van der Waals surface area contributed by atoms with Crippen molar-refractivity contribution in [2.24, 2.45) is 11.8 Å². The molecule has 71 heavy (non-hydrogen) atoms. The zero-order valence-corrected chi connectivity index (χ0v) is 41.6. The summed E-state index contributed by atoms with van der Waals surface area (Å²) in [6.45, 7) is 1.80. The van der Waals surface area contributed by atoms with Crippen LogP contribution in [0.3, 0.4) is 0 Å². The number of benzene rings is 7. The van der Waals surface area contributed by atoms with Gasteiger partial charge in [0.15, 0.2) is 6.29 Å². The number of fused-ring (bicyclic) bond motifs is 2. The summed E-state index contributed by atoms with van der Waals surface area (Å²) in [4.78, 5) is 30.5. The highest BCUT2D eigenvalue weighted by Crippen LogP contribution is 2.52. The van der Waals surface area contributed by atoms with Crippen molar-refractivity contribution in [2.45, 2.75) is 43.4 Å². The lowest BCUT2D eigenvalue weighted by Crippen LogP contribution is -2.70. The quantitative estimate of drug-likeness (QED) is 0.0628. The molecule has 0 spiro atoms. The molecule has 0 aromatic heterocycles. The third-order valence-corrected chi connectivity index (χ3v) is 18.7. The maximum Gasteiger partial charge on any atom is 0.252 e. The van der Waals surface area contributed by atoms with E-state index in [-0.39, 0.29) is 35.9 Å². The fourth-order valence-corrected chi connectivity index (χ4v) is 15.4.